The predicted molar refractivity (Wildman–Crippen MR) is 95.7 cm³/mol. The van der Waals surface area contributed by atoms with E-state index in [1.165, 1.54) is 35.3 Å². The Balaban J connectivity index is 2.27. The molecule has 27 heavy (non-hydrogen) atoms. The second-order valence-corrected chi connectivity index (χ2v) is 7.14. The van der Waals surface area contributed by atoms with Crippen molar-refractivity contribution in [3.05, 3.63) is 58.0 Å². The predicted octanol–water partition coefficient (Wildman–Crippen LogP) is 1.25. The first-order chi connectivity index (χ1) is 12.6. The lowest BCUT2D eigenvalue weighted by Gasteiger charge is -2.15. The van der Waals surface area contributed by atoms with Crippen molar-refractivity contribution in [3.63, 3.8) is 0 Å². The van der Waals surface area contributed by atoms with Crippen molar-refractivity contribution in [2.45, 2.75) is 17.3 Å². The van der Waals surface area contributed by atoms with Gasteiger partial charge >= 0.3 is 5.95 Å². The van der Waals surface area contributed by atoms with Crippen LogP contribution in [-0.4, -0.2) is 32.5 Å². The third-order valence-electron chi connectivity index (χ3n) is 3.36. The van der Waals surface area contributed by atoms with E-state index in [4.69, 9.17) is 11.6 Å². The fourth-order valence-corrected chi connectivity index (χ4v) is 3.39. The summed E-state index contributed by atoms with van der Waals surface area (Å²) in [5.74, 6) is 5.05. The lowest BCUT2D eigenvalue weighted by molar-refractivity contribution is -0.397. The highest BCUT2D eigenvalue weighted by atomic mass is 32.2. The number of halogens is 1. The van der Waals surface area contributed by atoms with Crippen LogP contribution in [0.1, 0.15) is 11.1 Å². The fourth-order valence-electron chi connectivity index (χ4n) is 2.24. The first-order valence-electron chi connectivity index (χ1n) is 7.12. The molecule has 0 bridgehead atoms. The van der Waals surface area contributed by atoms with Gasteiger partial charge < -0.3 is 15.8 Å². The van der Waals surface area contributed by atoms with E-state index in [0.717, 1.165) is 11.1 Å². The lowest BCUT2D eigenvalue weighted by Crippen LogP contribution is -2.29. The van der Waals surface area contributed by atoms with Gasteiger partial charge in [0.25, 0.3) is 10.1 Å². The van der Waals surface area contributed by atoms with E-state index in [1.807, 2.05) is 0 Å². The van der Waals surface area contributed by atoms with Crippen molar-refractivity contribution >= 4 is 33.9 Å². The smallest absolute Gasteiger partial charge is 0.397 e. The number of nitrogens with zero attached hydrogens (tertiary/aromatic N) is 4. The molecule has 0 atom stereocenters. The molecule has 2 rings (SSSR count). The van der Waals surface area contributed by atoms with Gasteiger partial charge in [0.2, 0.25) is 0 Å². The van der Waals surface area contributed by atoms with E-state index in [-0.39, 0.29) is 35.8 Å². The molecule has 0 aliphatic rings. The average molecular weight is 418 g/mol. The zero-order valence-corrected chi connectivity index (χ0v) is 15.2. The molecule has 0 radical (unpaired) electrons. The minimum absolute atomic E-state index is 0.0210. The molecule has 0 unspecified atom stereocenters. The normalized spacial score (nSPS) is 12.2. The molecule has 146 valence electrons. The number of hydrazine groups is 1. The van der Waals surface area contributed by atoms with Gasteiger partial charge in [-0.3, -0.25) is 9.56 Å². The van der Waals surface area contributed by atoms with E-state index in [9.17, 15) is 27.0 Å². The Hall–Kier alpha value is -2.68. The van der Waals surface area contributed by atoms with Crippen LogP contribution < -0.4 is 11.6 Å². The van der Waals surface area contributed by atoms with E-state index in [0.29, 0.717) is 5.56 Å². The van der Waals surface area contributed by atoms with Crippen molar-refractivity contribution in [2.75, 3.05) is 0 Å². The maximum atomic E-state index is 12.6. The van der Waals surface area contributed by atoms with Gasteiger partial charge in [-0.1, -0.05) is 11.1 Å². The van der Waals surface area contributed by atoms with Gasteiger partial charge in [0, 0.05) is 18.3 Å². The molecule has 5 N–H and O–H groups in total. The van der Waals surface area contributed by atoms with Gasteiger partial charge in [0.05, 0.1) is 16.3 Å². The molecule has 0 spiro atoms. The number of nitro groups is 1. The molecule has 0 aliphatic carbocycles. The number of aromatic nitrogens is 2. The molecule has 11 nitrogen and oxygen atoms in total. The maximum Gasteiger partial charge on any atom is 0.436 e. The van der Waals surface area contributed by atoms with Crippen LogP contribution in [0.4, 0.5) is 9.83 Å². The van der Waals surface area contributed by atoms with Crippen LogP contribution in [-0.2, 0) is 22.5 Å². The van der Waals surface area contributed by atoms with Crippen LogP contribution in [0.15, 0.2) is 41.7 Å². The molecule has 0 saturated heterocycles. The molecule has 1 aromatic carbocycles. The number of imidazole rings is 1. The van der Waals surface area contributed by atoms with Crippen molar-refractivity contribution in [1.29, 1.82) is 0 Å². The number of benzene rings is 1. The Bertz CT molecular complexity index is 977. The third kappa shape index (κ3) is 5.16. The summed E-state index contributed by atoms with van der Waals surface area (Å²) in [6.07, 6.45) is 3.87. The number of hydrogen-bond donors (Lipinski definition) is 3. The maximum absolute atomic E-state index is 12.6. The van der Waals surface area contributed by atoms with E-state index < -0.39 is 25.9 Å². The molecule has 0 fully saturated rings. The second kappa shape index (κ2) is 8.34. The van der Waals surface area contributed by atoms with Crippen molar-refractivity contribution in [1.82, 2.24) is 14.6 Å². The quantitative estimate of drug-likeness (QED) is 0.245. The minimum atomic E-state index is -4.52. The Kier molecular flexibility index (Phi) is 6.37. The topological polar surface area (TPSA) is 171 Å². The molecule has 0 amide bonds. The summed E-state index contributed by atoms with van der Waals surface area (Å²) in [5, 5.41) is 11.9. The third-order valence-corrected chi connectivity index (χ3v) is 4.73. The van der Waals surface area contributed by atoms with Gasteiger partial charge in [-0.15, -0.1) is 0 Å². The van der Waals surface area contributed by atoms with Gasteiger partial charge in [0.15, 0.2) is 6.67 Å². The molecule has 2 aromatic rings. The van der Waals surface area contributed by atoms with Gasteiger partial charge in [-0.25, -0.2) is 10.4 Å². The fraction of sp³-hybridized carbons (Fsp3) is 0.154. The van der Waals surface area contributed by atoms with Crippen LogP contribution in [0.2, 0.25) is 0 Å². The Labute approximate surface area is 157 Å². The lowest BCUT2D eigenvalue weighted by atomic mass is 10.1. The van der Waals surface area contributed by atoms with Gasteiger partial charge in [-0.05, 0) is 28.2 Å². The van der Waals surface area contributed by atoms with Crippen molar-refractivity contribution in [3.8, 4) is 0 Å². The van der Waals surface area contributed by atoms with Gasteiger partial charge in [0.1, 0.15) is 12.4 Å². The zero-order chi connectivity index (χ0) is 20.2. The van der Waals surface area contributed by atoms with Gasteiger partial charge in [-0.2, -0.15) is 12.3 Å². The molecule has 0 saturated carbocycles. The summed E-state index contributed by atoms with van der Waals surface area (Å²) in [6.45, 7) is -0.132. The Morgan fingerprint density at radius 1 is 1.52 bits per heavy atom. The molecule has 0 aliphatic heterocycles. The van der Waals surface area contributed by atoms with Crippen LogP contribution >= 0.6 is 12.1 Å². The summed E-state index contributed by atoms with van der Waals surface area (Å²) < 4.78 is 45.6. The van der Waals surface area contributed by atoms with Crippen LogP contribution in [0.3, 0.4) is 0 Å². The largest absolute Gasteiger partial charge is 0.436 e. The van der Waals surface area contributed by atoms with E-state index in [2.05, 4.69) is 4.98 Å². The van der Waals surface area contributed by atoms with Crippen LogP contribution in [0.25, 0.3) is 5.70 Å². The summed E-state index contributed by atoms with van der Waals surface area (Å²) >= 11 is -0.119. The van der Waals surface area contributed by atoms with Crippen LogP contribution in [0.5, 0.6) is 0 Å². The van der Waals surface area contributed by atoms with Crippen molar-refractivity contribution < 1.29 is 21.8 Å². The van der Waals surface area contributed by atoms with E-state index in [1.54, 1.807) is 0 Å². The molecular formula is C13H15FN6O5S2. The molecular weight excluding hydrogens is 403 g/mol. The summed E-state index contributed by atoms with van der Waals surface area (Å²) in [6, 6.07) is 3.71. The van der Waals surface area contributed by atoms with E-state index >= 15 is 0 Å². The molecule has 1 heterocycles. The number of nitrogens with two attached hydrogens (primary N) is 2. The first kappa shape index (κ1) is 20.6. The molecule has 1 aromatic heterocycles. The first-order valence-corrected chi connectivity index (χ1v) is 9.44. The highest BCUT2D eigenvalue weighted by molar-refractivity contribution is 7.93. The Morgan fingerprint density at radius 2 is 2.22 bits per heavy atom. The SMILES string of the molecule is N/C(=C\N(N)Cn1ccnc1[N+](=O)[O-])c1ccc(S(=O)(=O)O)c(CSF)c1. The summed E-state index contributed by atoms with van der Waals surface area (Å²) in [7, 11) is -4.52. The van der Waals surface area contributed by atoms with Crippen LogP contribution in [0, 0.1) is 10.1 Å². The minimum Gasteiger partial charge on any atom is -0.397 e. The zero-order valence-electron chi connectivity index (χ0n) is 13.6. The average Bonchev–Trinajstić information content (AvgIpc) is 3.02. The standard InChI is InChI=1S/C13H15FN6O5S2/c14-26-7-10-5-9(1-2-12(10)27(23,24)25)11(15)6-19(16)8-18-4-3-17-13(18)20(21)22/h1-6H,7-8,15-16H2,(H,23,24,25)/b11-6-. The summed E-state index contributed by atoms with van der Waals surface area (Å²) in [4.78, 5) is 13.3. The monoisotopic (exact) mass is 418 g/mol. The molecule has 14 heteroatoms. The second-order valence-electron chi connectivity index (χ2n) is 5.25. The highest BCUT2D eigenvalue weighted by Crippen LogP contribution is 2.24. The highest BCUT2D eigenvalue weighted by Gasteiger charge is 2.18. The summed E-state index contributed by atoms with van der Waals surface area (Å²) in [5.41, 5.74) is 6.35. The Morgan fingerprint density at radius 3 is 2.81 bits per heavy atom. The number of hydrogen-bond acceptors (Lipinski definition) is 9. The van der Waals surface area contributed by atoms with Crippen molar-refractivity contribution in [2.24, 2.45) is 11.6 Å². The number of rotatable bonds is 8.